The van der Waals surface area contributed by atoms with E-state index < -0.39 is 0 Å². The number of fused-ring (bicyclic) bond motifs is 4. The third-order valence-electron chi connectivity index (χ3n) is 5.03. The number of hydrogen-bond donors (Lipinski definition) is 0. The molecule has 1 heteroatoms. The van der Waals surface area contributed by atoms with Crippen LogP contribution in [0.5, 0.6) is 0 Å². The molecule has 0 saturated carbocycles. The molecule has 1 aromatic heterocycles. The summed E-state index contributed by atoms with van der Waals surface area (Å²) in [5.41, 5.74) is 5.40. The molecule has 0 amide bonds. The van der Waals surface area contributed by atoms with Crippen LogP contribution in [0.2, 0.25) is 0 Å². The number of pyridine rings is 1. The molecule has 112 valence electrons. The van der Waals surface area contributed by atoms with E-state index >= 15 is 0 Å². The van der Waals surface area contributed by atoms with Crippen molar-refractivity contribution in [1.82, 2.24) is 4.98 Å². The molecular formula is C21H23N. The van der Waals surface area contributed by atoms with E-state index in [0.29, 0.717) is 0 Å². The minimum Gasteiger partial charge on any atom is -0.248 e. The average molecular weight is 289 g/mol. The Labute approximate surface area is 132 Å². The summed E-state index contributed by atoms with van der Waals surface area (Å²) in [5.74, 6) is 0. The zero-order chi connectivity index (χ0) is 14.8. The summed E-state index contributed by atoms with van der Waals surface area (Å²) >= 11 is 0. The Hall–Kier alpha value is -1.89. The maximum absolute atomic E-state index is 4.88. The van der Waals surface area contributed by atoms with Gasteiger partial charge in [-0.2, -0.15) is 0 Å². The summed E-state index contributed by atoms with van der Waals surface area (Å²) in [6, 6.07) is 15.4. The van der Waals surface area contributed by atoms with E-state index in [9.17, 15) is 0 Å². The van der Waals surface area contributed by atoms with E-state index in [2.05, 4.69) is 42.5 Å². The molecule has 0 fully saturated rings. The molecule has 0 bridgehead atoms. The fourth-order valence-corrected chi connectivity index (χ4v) is 3.81. The SMILES string of the molecule is c1ccc2nc3ccc4c(c3cc2c1)CCCCCCCC4. The summed E-state index contributed by atoms with van der Waals surface area (Å²) in [4.78, 5) is 4.88. The van der Waals surface area contributed by atoms with Gasteiger partial charge in [-0.1, -0.05) is 49.9 Å². The molecule has 0 saturated heterocycles. The summed E-state index contributed by atoms with van der Waals surface area (Å²) < 4.78 is 0. The van der Waals surface area contributed by atoms with Crippen molar-refractivity contribution < 1.29 is 0 Å². The van der Waals surface area contributed by atoms with Gasteiger partial charge < -0.3 is 0 Å². The second kappa shape index (κ2) is 6.08. The highest BCUT2D eigenvalue weighted by atomic mass is 14.7. The smallest absolute Gasteiger partial charge is 0.0712 e. The minimum absolute atomic E-state index is 1.11. The molecule has 0 N–H and O–H groups in total. The van der Waals surface area contributed by atoms with Crippen molar-refractivity contribution in [3.63, 3.8) is 0 Å². The number of nitrogens with zero attached hydrogens (tertiary/aromatic N) is 1. The summed E-state index contributed by atoms with van der Waals surface area (Å²) in [5, 5.41) is 2.65. The molecule has 1 aliphatic rings. The zero-order valence-corrected chi connectivity index (χ0v) is 13.1. The molecule has 0 aliphatic heterocycles. The van der Waals surface area contributed by atoms with Crippen LogP contribution in [0.15, 0.2) is 42.5 Å². The van der Waals surface area contributed by atoms with Crippen LogP contribution in [0.4, 0.5) is 0 Å². The van der Waals surface area contributed by atoms with E-state index in [-0.39, 0.29) is 0 Å². The predicted molar refractivity (Wildman–Crippen MR) is 94.4 cm³/mol. The first-order chi connectivity index (χ1) is 10.9. The van der Waals surface area contributed by atoms with Gasteiger partial charge in [0.1, 0.15) is 0 Å². The molecule has 1 heterocycles. The van der Waals surface area contributed by atoms with Crippen LogP contribution < -0.4 is 0 Å². The van der Waals surface area contributed by atoms with Crippen LogP contribution >= 0.6 is 0 Å². The van der Waals surface area contributed by atoms with Gasteiger partial charge in [0.15, 0.2) is 0 Å². The Morgan fingerprint density at radius 2 is 1.45 bits per heavy atom. The topological polar surface area (TPSA) is 12.9 Å². The average Bonchev–Trinajstić information content (AvgIpc) is 2.57. The summed E-state index contributed by atoms with van der Waals surface area (Å²) in [6.45, 7) is 0. The molecule has 1 nitrogen and oxygen atoms in total. The van der Waals surface area contributed by atoms with Gasteiger partial charge in [-0.15, -0.1) is 0 Å². The van der Waals surface area contributed by atoms with Crippen LogP contribution in [0.1, 0.15) is 49.7 Å². The highest BCUT2D eigenvalue weighted by Gasteiger charge is 2.11. The van der Waals surface area contributed by atoms with Gasteiger partial charge >= 0.3 is 0 Å². The van der Waals surface area contributed by atoms with Crippen LogP contribution in [0.3, 0.4) is 0 Å². The Morgan fingerprint density at radius 1 is 0.682 bits per heavy atom. The van der Waals surface area contributed by atoms with E-state index in [1.54, 1.807) is 11.1 Å². The van der Waals surface area contributed by atoms with E-state index in [4.69, 9.17) is 4.98 Å². The molecule has 3 aromatic rings. The van der Waals surface area contributed by atoms with E-state index in [0.717, 1.165) is 11.0 Å². The normalized spacial score (nSPS) is 16.5. The predicted octanol–water partition coefficient (Wildman–Crippen LogP) is 5.83. The lowest BCUT2D eigenvalue weighted by molar-refractivity contribution is 0.582. The quantitative estimate of drug-likeness (QED) is 0.475. The van der Waals surface area contributed by atoms with Gasteiger partial charge in [0, 0.05) is 10.8 Å². The number of benzene rings is 2. The lowest BCUT2D eigenvalue weighted by Crippen LogP contribution is -2.00. The number of aromatic nitrogens is 1. The third-order valence-corrected chi connectivity index (χ3v) is 5.03. The molecule has 0 unspecified atom stereocenters. The van der Waals surface area contributed by atoms with E-state index in [1.165, 1.54) is 62.1 Å². The van der Waals surface area contributed by atoms with Crippen molar-refractivity contribution in [3.8, 4) is 0 Å². The van der Waals surface area contributed by atoms with Gasteiger partial charge in [0.05, 0.1) is 11.0 Å². The molecule has 1 aliphatic carbocycles. The first-order valence-electron chi connectivity index (χ1n) is 8.72. The minimum atomic E-state index is 1.11. The van der Waals surface area contributed by atoms with Crippen LogP contribution in [0, 0.1) is 0 Å². The maximum Gasteiger partial charge on any atom is 0.0712 e. The largest absolute Gasteiger partial charge is 0.248 e. The van der Waals surface area contributed by atoms with Crippen LogP contribution in [-0.4, -0.2) is 4.98 Å². The Balaban J connectivity index is 1.89. The molecule has 22 heavy (non-hydrogen) atoms. The highest BCUT2D eigenvalue weighted by Crippen LogP contribution is 2.29. The van der Waals surface area contributed by atoms with Crippen LogP contribution in [-0.2, 0) is 12.8 Å². The summed E-state index contributed by atoms with van der Waals surface area (Å²) in [7, 11) is 0. The van der Waals surface area contributed by atoms with Gasteiger partial charge in [-0.3, -0.25) is 0 Å². The van der Waals surface area contributed by atoms with E-state index in [1.807, 2.05) is 0 Å². The number of para-hydroxylation sites is 1. The van der Waals surface area contributed by atoms with Crippen molar-refractivity contribution >= 4 is 21.8 Å². The van der Waals surface area contributed by atoms with Crippen molar-refractivity contribution in [3.05, 3.63) is 53.6 Å². The number of hydrogen-bond acceptors (Lipinski definition) is 1. The Morgan fingerprint density at radius 3 is 2.36 bits per heavy atom. The van der Waals surface area contributed by atoms with Gasteiger partial charge in [-0.05, 0) is 55.0 Å². The standard InChI is InChI=1S/C21H23N/c1-2-4-6-11-18-16(9-5-3-1)13-14-21-19(18)15-17-10-7-8-12-20(17)22-21/h7-8,10,12-15H,1-6,9,11H2. The fraction of sp³-hybridized carbons (Fsp3) is 0.381. The van der Waals surface area contributed by atoms with Crippen molar-refractivity contribution in [2.24, 2.45) is 0 Å². The highest BCUT2D eigenvalue weighted by molar-refractivity contribution is 5.94. The lowest BCUT2D eigenvalue weighted by Gasteiger charge is -2.15. The lowest BCUT2D eigenvalue weighted by atomic mass is 9.91. The maximum atomic E-state index is 4.88. The van der Waals surface area contributed by atoms with Gasteiger partial charge in [0.25, 0.3) is 0 Å². The second-order valence-corrected chi connectivity index (χ2v) is 6.57. The first-order valence-corrected chi connectivity index (χ1v) is 8.72. The van der Waals surface area contributed by atoms with Gasteiger partial charge in [0.2, 0.25) is 0 Å². The zero-order valence-electron chi connectivity index (χ0n) is 13.1. The van der Waals surface area contributed by atoms with Crippen LogP contribution in [0.25, 0.3) is 21.8 Å². The summed E-state index contributed by atoms with van der Waals surface area (Å²) in [6.07, 6.45) is 10.7. The van der Waals surface area contributed by atoms with Crippen molar-refractivity contribution in [2.75, 3.05) is 0 Å². The van der Waals surface area contributed by atoms with Crippen molar-refractivity contribution in [1.29, 1.82) is 0 Å². The number of rotatable bonds is 0. The monoisotopic (exact) mass is 289 g/mol. The molecule has 0 atom stereocenters. The van der Waals surface area contributed by atoms with Crippen molar-refractivity contribution in [2.45, 2.75) is 51.4 Å². The molecule has 0 radical (unpaired) electrons. The molecule has 0 spiro atoms. The fourth-order valence-electron chi connectivity index (χ4n) is 3.81. The Kier molecular flexibility index (Phi) is 3.80. The molecule has 4 rings (SSSR count). The Bertz CT molecular complexity index is 803. The second-order valence-electron chi connectivity index (χ2n) is 6.57. The molecular weight excluding hydrogens is 266 g/mol. The van der Waals surface area contributed by atoms with Gasteiger partial charge in [-0.25, -0.2) is 4.98 Å². The third kappa shape index (κ3) is 2.61. The first kappa shape index (κ1) is 13.8. The molecule has 2 aromatic carbocycles. The number of aryl methyl sites for hydroxylation is 2.